The maximum absolute atomic E-state index is 12.0. The van der Waals surface area contributed by atoms with Crippen LogP contribution in [0.15, 0.2) is 30.3 Å². The summed E-state index contributed by atoms with van der Waals surface area (Å²) in [4.78, 5) is 23.0. The van der Waals surface area contributed by atoms with Crippen molar-refractivity contribution in [3.8, 4) is 0 Å². The van der Waals surface area contributed by atoms with Crippen molar-refractivity contribution in [3.05, 3.63) is 40.4 Å². The van der Waals surface area contributed by atoms with Gasteiger partial charge in [-0.3, -0.25) is 4.79 Å². The zero-order valence-electron chi connectivity index (χ0n) is 12.0. The number of hydrogen-bond acceptors (Lipinski definition) is 3. The largest absolute Gasteiger partial charge is 0.289 e. The van der Waals surface area contributed by atoms with Crippen molar-refractivity contribution >= 4 is 11.6 Å². The van der Waals surface area contributed by atoms with Gasteiger partial charge in [-0.15, -0.1) is 0 Å². The molecule has 0 aliphatic heterocycles. The van der Waals surface area contributed by atoms with Crippen LogP contribution in [-0.2, 0) is 4.79 Å². The fourth-order valence-electron chi connectivity index (χ4n) is 2.06. The average molecular weight is 278 g/mol. The van der Waals surface area contributed by atoms with E-state index < -0.39 is 10.9 Å². The maximum atomic E-state index is 12.0. The van der Waals surface area contributed by atoms with Gasteiger partial charge < -0.3 is 0 Å². The Morgan fingerprint density at radius 1 is 1.10 bits per heavy atom. The molecule has 0 saturated heterocycles. The standard InChI is InChI=1S/C15H22N2O3/c1-2-3-4-5-6-10-13-15(18)16(17(19)20)14-11-8-7-9-12-14/h7-9,11-12H,2-6,10,13H2,1H3. The van der Waals surface area contributed by atoms with Gasteiger partial charge in [-0.05, 0) is 23.6 Å². The summed E-state index contributed by atoms with van der Waals surface area (Å²) in [5.41, 5.74) is 0.313. The minimum atomic E-state index is -0.644. The average Bonchev–Trinajstić information content (AvgIpc) is 2.43. The summed E-state index contributed by atoms with van der Waals surface area (Å²) in [7, 11) is 0. The predicted molar refractivity (Wildman–Crippen MR) is 78.9 cm³/mol. The molecule has 0 heterocycles. The smallest absolute Gasteiger partial charge is 0.268 e. The number of amides is 1. The Labute approximate surface area is 119 Å². The lowest BCUT2D eigenvalue weighted by Gasteiger charge is -2.12. The zero-order chi connectivity index (χ0) is 14.8. The molecule has 1 amide bonds. The van der Waals surface area contributed by atoms with E-state index in [-0.39, 0.29) is 6.42 Å². The third kappa shape index (κ3) is 5.38. The number of unbranched alkanes of at least 4 members (excludes halogenated alkanes) is 5. The number of hydrazine groups is 1. The molecule has 20 heavy (non-hydrogen) atoms. The lowest BCUT2D eigenvalue weighted by Crippen LogP contribution is -2.36. The van der Waals surface area contributed by atoms with Gasteiger partial charge in [-0.1, -0.05) is 57.2 Å². The maximum Gasteiger partial charge on any atom is 0.289 e. The van der Waals surface area contributed by atoms with E-state index in [9.17, 15) is 14.9 Å². The van der Waals surface area contributed by atoms with E-state index >= 15 is 0 Å². The number of carbonyl (C=O) groups is 1. The number of benzene rings is 1. The second-order valence-electron chi connectivity index (χ2n) is 4.80. The van der Waals surface area contributed by atoms with Gasteiger partial charge in [-0.25, -0.2) is 10.1 Å². The summed E-state index contributed by atoms with van der Waals surface area (Å²) in [6, 6.07) is 8.28. The van der Waals surface area contributed by atoms with Crippen LogP contribution in [0.25, 0.3) is 0 Å². The zero-order valence-corrected chi connectivity index (χ0v) is 12.0. The second kappa shape index (κ2) is 9.07. The Kier molecular flexibility index (Phi) is 7.32. The van der Waals surface area contributed by atoms with E-state index in [4.69, 9.17) is 0 Å². The van der Waals surface area contributed by atoms with Crippen molar-refractivity contribution in [2.45, 2.75) is 51.9 Å². The van der Waals surface area contributed by atoms with Gasteiger partial charge in [0.05, 0.1) is 0 Å². The van der Waals surface area contributed by atoms with E-state index in [0.717, 1.165) is 12.8 Å². The van der Waals surface area contributed by atoms with Crippen LogP contribution in [0.3, 0.4) is 0 Å². The highest BCUT2D eigenvalue weighted by Gasteiger charge is 2.25. The third-order valence-corrected chi connectivity index (χ3v) is 3.14. The fraction of sp³-hybridized carbons (Fsp3) is 0.533. The molecule has 1 rings (SSSR count). The first kappa shape index (κ1) is 16.1. The molecule has 110 valence electrons. The second-order valence-corrected chi connectivity index (χ2v) is 4.80. The van der Waals surface area contributed by atoms with Gasteiger partial charge >= 0.3 is 0 Å². The molecule has 5 heteroatoms. The van der Waals surface area contributed by atoms with Crippen molar-refractivity contribution in [2.24, 2.45) is 0 Å². The molecule has 0 atom stereocenters. The number of anilines is 1. The number of nitro groups is 1. The van der Waals surface area contributed by atoms with Crippen LogP contribution in [0.5, 0.6) is 0 Å². The van der Waals surface area contributed by atoms with E-state index in [1.807, 2.05) is 0 Å². The number of hydrogen-bond donors (Lipinski definition) is 0. The number of carbonyl (C=O) groups excluding carboxylic acids is 1. The highest BCUT2D eigenvalue weighted by Crippen LogP contribution is 2.16. The van der Waals surface area contributed by atoms with Crippen LogP contribution in [0.4, 0.5) is 5.69 Å². The van der Waals surface area contributed by atoms with Gasteiger partial charge in [0.15, 0.2) is 5.03 Å². The normalized spacial score (nSPS) is 10.2. The van der Waals surface area contributed by atoms with Gasteiger partial charge in [0.2, 0.25) is 0 Å². The summed E-state index contributed by atoms with van der Waals surface area (Å²) in [6.45, 7) is 2.15. The summed E-state index contributed by atoms with van der Waals surface area (Å²) in [5, 5.41) is 11.0. The van der Waals surface area contributed by atoms with Gasteiger partial charge in [0.1, 0.15) is 5.69 Å². The van der Waals surface area contributed by atoms with E-state index in [2.05, 4.69) is 6.92 Å². The monoisotopic (exact) mass is 278 g/mol. The minimum absolute atomic E-state index is 0.224. The molecule has 1 aromatic rings. The van der Waals surface area contributed by atoms with Gasteiger partial charge in [0.25, 0.3) is 5.91 Å². The van der Waals surface area contributed by atoms with Crippen LogP contribution in [0.1, 0.15) is 51.9 Å². The van der Waals surface area contributed by atoms with E-state index in [1.165, 1.54) is 19.3 Å². The first-order valence-electron chi connectivity index (χ1n) is 7.19. The highest BCUT2D eigenvalue weighted by molar-refractivity contribution is 5.90. The van der Waals surface area contributed by atoms with Crippen LogP contribution < -0.4 is 5.01 Å². The molecular formula is C15H22N2O3. The van der Waals surface area contributed by atoms with E-state index in [0.29, 0.717) is 17.1 Å². The van der Waals surface area contributed by atoms with Crippen LogP contribution in [-0.4, -0.2) is 10.9 Å². The molecular weight excluding hydrogens is 256 g/mol. The molecule has 0 N–H and O–H groups in total. The molecule has 0 aliphatic carbocycles. The first-order valence-corrected chi connectivity index (χ1v) is 7.19. The summed E-state index contributed by atoms with van der Waals surface area (Å²) < 4.78 is 0. The van der Waals surface area contributed by atoms with Gasteiger partial charge in [0, 0.05) is 6.42 Å². The summed E-state index contributed by atoms with van der Waals surface area (Å²) in [5.74, 6) is -0.448. The molecule has 0 fully saturated rings. The molecule has 0 aromatic heterocycles. The highest BCUT2D eigenvalue weighted by atomic mass is 16.7. The Hall–Kier alpha value is -1.91. The molecule has 0 aliphatic rings. The van der Waals surface area contributed by atoms with E-state index in [1.54, 1.807) is 30.3 Å². The molecule has 1 aromatic carbocycles. The van der Waals surface area contributed by atoms with Crippen molar-refractivity contribution in [1.82, 2.24) is 0 Å². The molecule has 0 bridgehead atoms. The Morgan fingerprint density at radius 2 is 1.70 bits per heavy atom. The number of nitrogens with zero attached hydrogens (tertiary/aromatic N) is 2. The summed E-state index contributed by atoms with van der Waals surface area (Å²) >= 11 is 0. The summed E-state index contributed by atoms with van der Waals surface area (Å²) in [6.07, 6.45) is 6.53. The predicted octanol–water partition coefficient (Wildman–Crippen LogP) is 3.96. The van der Waals surface area contributed by atoms with Crippen LogP contribution in [0, 0.1) is 10.1 Å². The van der Waals surface area contributed by atoms with Gasteiger partial charge in [-0.2, -0.15) is 0 Å². The van der Waals surface area contributed by atoms with Crippen LogP contribution in [0.2, 0.25) is 0 Å². The van der Waals surface area contributed by atoms with Crippen molar-refractivity contribution in [2.75, 3.05) is 5.01 Å². The minimum Gasteiger partial charge on any atom is -0.268 e. The topological polar surface area (TPSA) is 63.5 Å². The molecule has 0 spiro atoms. The number of para-hydroxylation sites is 1. The molecule has 0 radical (unpaired) electrons. The SMILES string of the molecule is CCCCCCCCC(=O)N(c1ccccc1)[N+](=O)[O-]. The molecule has 5 nitrogen and oxygen atoms in total. The van der Waals surface area contributed by atoms with Crippen molar-refractivity contribution < 1.29 is 9.83 Å². The Bertz CT molecular complexity index is 420. The lowest BCUT2D eigenvalue weighted by molar-refractivity contribution is -0.483. The quantitative estimate of drug-likeness (QED) is 0.390. The third-order valence-electron chi connectivity index (χ3n) is 3.14. The lowest BCUT2D eigenvalue weighted by atomic mass is 10.1. The van der Waals surface area contributed by atoms with Crippen LogP contribution >= 0.6 is 0 Å². The Balaban J connectivity index is 2.44. The number of rotatable bonds is 9. The first-order chi connectivity index (χ1) is 9.66. The van der Waals surface area contributed by atoms with Crippen molar-refractivity contribution in [3.63, 3.8) is 0 Å². The van der Waals surface area contributed by atoms with Crippen molar-refractivity contribution in [1.29, 1.82) is 0 Å². The molecule has 0 unspecified atom stereocenters. The fourth-order valence-corrected chi connectivity index (χ4v) is 2.06. The molecule has 0 saturated carbocycles. The Morgan fingerprint density at radius 3 is 2.30 bits per heavy atom.